The van der Waals surface area contributed by atoms with Crippen LogP contribution in [0.25, 0.3) is 0 Å². The van der Waals surface area contributed by atoms with Gasteiger partial charge in [0, 0.05) is 43.0 Å². The molecule has 1 saturated carbocycles. The fourth-order valence-corrected chi connectivity index (χ4v) is 4.55. The predicted molar refractivity (Wildman–Crippen MR) is 157 cm³/mol. The van der Waals surface area contributed by atoms with Crippen molar-refractivity contribution in [2.75, 3.05) is 26.7 Å². The van der Waals surface area contributed by atoms with E-state index < -0.39 is 0 Å². The van der Waals surface area contributed by atoms with Crippen molar-refractivity contribution in [3.05, 3.63) is 96.4 Å². The van der Waals surface area contributed by atoms with Crippen molar-refractivity contribution in [3.8, 4) is 11.5 Å². The van der Waals surface area contributed by atoms with Crippen LogP contribution < -0.4 is 15.8 Å². The lowest BCUT2D eigenvalue weighted by atomic mass is 9.99. The zero-order valence-electron chi connectivity index (χ0n) is 22.8. The first-order chi connectivity index (χ1) is 18.9. The summed E-state index contributed by atoms with van der Waals surface area (Å²) in [6.07, 6.45) is 8.37. The van der Waals surface area contributed by atoms with Crippen molar-refractivity contribution in [1.29, 1.82) is 5.41 Å². The van der Waals surface area contributed by atoms with Gasteiger partial charge in [-0.1, -0.05) is 30.9 Å². The lowest BCUT2D eigenvalue weighted by molar-refractivity contribution is -0.125. The van der Waals surface area contributed by atoms with E-state index in [1.807, 2.05) is 65.6 Å². The summed E-state index contributed by atoms with van der Waals surface area (Å²) in [5.74, 6) is 1.90. The van der Waals surface area contributed by atoms with Gasteiger partial charge in [-0.2, -0.15) is 0 Å². The van der Waals surface area contributed by atoms with Crippen LogP contribution in [0.1, 0.15) is 31.7 Å². The maximum absolute atomic E-state index is 12.7. The summed E-state index contributed by atoms with van der Waals surface area (Å²) in [5.41, 5.74) is 8.16. The molecule has 0 radical (unpaired) electrons. The Morgan fingerprint density at radius 3 is 2.51 bits per heavy atom. The van der Waals surface area contributed by atoms with Crippen molar-refractivity contribution in [3.63, 3.8) is 0 Å². The smallest absolute Gasteiger partial charge is 0.246 e. The number of rotatable bonds is 11. The van der Waals surface area contributed by atoms with Gasteiger partial charge in [-0.25, -0.2) is 0 Å². The highest BCUT2D eigenvalue weighted by Crippen LogP contribution is 2.25. The molecule has 0 spiro atoms. The molecule has 8 nitrogen and oxygen atoms in total. The number of carbonyl (C=O) groups excluding carboxylic acids is 1. The molecule has 2 aromatic carbocycles. The Kier molecular flexibility index (Phi) is 9.33. The fourth-order valence-electron chi connectivity index (χ4n) is 4.55. The Hall–Kier alpha value is -4.17. The summed E-state index contributed by atoms with van der Waals surface area (Å²) in [5, 5.41) is 12.0. The lowest BCUT2D eigenvalue weighted by Gasteiger charge is -2.17. The molecule has 2 fully saturated rings. The van der Waals surface area contributed by atoms with Gasteiger partial charge in [0.25, 0.3) is 0 Å². The first kappa shape index (κ1) is 27.9. The number of aliphatic imine (C=N–C) groups is 1. The molecule has 39 heavy (non-hydrogen) atoms. The average Bonchev–Trinajstić information content (AvgIpc) is 3.68. The Labute approximate surface area is 231 Å². The molecule has 1 unspecified atom stereocenters. The number of nitrogens with one attached hydrogen (secondary N) is 2. The second-order valence-electron chi connectivity index (χ2n) is 10.00. The molecule has 4 rings (SSSR count). The highest BCUT2D eigenvalue weighted by Gasteiger charge is 2.27. The Morgan fingerprint density at radius 1 is 1.18 bits per heavy atom. The third-order valence-electron chi connectivity index (χ3n) is 6.85. The largest absolute Gasteiger partial charge is 0.457 e. The molecular weight excluding hydrogens is 488 g/mol. The highest BCUT2D eigenvalue weighted by atomic mass is 16.5. The van der Waals surface area contributed by atoms with Crippen molar-refractivity contribution < 1.29 is 9.53 Å². The molecule has 0 bridgehead atoms. The molecule has 1 amide bonds. The van der Waals surface area contributed by atoms with Gasteiger partial charge in [0.15, 0.2) is 0 Å². The average molecular weight is 527 g/mol. The van der Waals surface area contributed by atoms with Gasteiger partial charge in [0.1, 0.15) is 17.3 Å². The van der Waals surface area contributed by atoms with Crippen molar-refractivity contribution in [2.24, 2.45) is 10.7 Å². The quantitative estimate of drug-likeness (QED) is 0.228. The molecular formula is C31H38N6O2. The van der Waals surface area contributed by atoms with Gasteiger partial charge >= 0.3 is 0 Å². The summed E-state index contributed by atoms with van der Waals surface area (Å²) in [4.78, 5) is 21.7. The van der Waals surface area contributed by atoms with Gasteiger partial charge in [0.05, 0.1) is 17.3 Å². The SMILES string of the molecule is C=CNC(=NC1CCN(C(=O)/C=C/CN(C)C2CC2)C1)/C(C(=N)c1ccc(Oc2ccccc2)cc1)=C(\C)N. The summed E-state index contributed by atoms with van der Waals surface area (Å²) < 4.78 is 5.88. The second kappa shape index (κ2) is 13.1. The molecule has 204 valence electrons. The number of amides is 1. The van der Waals surface area contributed by atoms with E-state index in [4.69, 9.17) is 20.9 Å². The number of likely N-dealkylation sites (tertiary alicyclic amines) is 1. The maximum atomic E-state index is 12.7. The number of amidine groups is 1. The Bertz CT molecular complexity index is 1260. The van der Waals surface area contributed by atoms with E-state index in [2.05, 4.69) is 23.8 Å². The van der Waals surface area contributed by atoms with Crippen LogP contribution in [0.2, 0.25) is 0 Å². The van der Waals surface area contributed by atoms with Gasteiger partial charge in [0.2, 0.25) is 5.91 Å². The van der Waals surface area contributed by atoms with E-state index >= 15 is 0 Å². The van der Waals surface area contributed by atoms with Gasteiger partial charge in [-0.3, -0.25) is 20.1 Å². The number of allylic oxidation sites excluding steroid dienone is 1. The number of benzene rings is 2. The lowest BCUT2D eigenvalue weighted by Crippen LogP contribution is -2.31. The van der Waals surface area contributed by atoms with E-state index in [-0.39, 0.29) is 17.7 Å². The van der Waals surface area contributed by atoms with Crippen molar-refractivity contribution in [1.82, 2.24) is 15.1 Å². The van der Waals surface area contributed by atoms with E-state index in [1.165, 1.54) is 19.0 Å². The standard InChI is InChI=1S/C31H38N6O2/c1-4-34-31(35-24-18-20-37(21-24)28(38)11-8-19-36(3)25-14-15-25)29(22(2)32)30(33)23-12-16-27(17-13-23)39-26-9-6-5-7-10-26/h4-13,16-17,24-25,33H,1,14-15,18-21,32H2,2-3H3,(H,34,35)/b11-8+,29-22+,33-30?. The minimum Gasteiger partial charge on any atom is -0.457 e. The van der Waals surface area contributed by atoms with Gasteiger partial charge < -0.3 is 20.7 Å². The zero-order valence-corrected chi connectivity index (χ0v) is 22.8. The van der Waals surface area contributed by atoms with Gasteiger partial charge in [-0.05, 0) is 75.8 Å². The normalized spacial score (nSPS) is 18.3. The van der Waals surface area contributed by atoms with Crippen LogP contribution >= 0.6 is 0 Å². The highest BCUT2D eigenvalue weighted by molar-refractivity contribution is 6.29. The van der Waals surface area contributed by atoms with E-state index in [0.29, 0.717) is 47.6 Å². The second-order valence-corrected chi connectivity index (χ2v) is 10.00. The van der Waals surface area contributed by atoms with Gasteiger partial charge in [-0.15, -0.1) is 0 Å². The molecule has 8 heteroatoms. The number of ether oxygens (including phenoxy) is 1. The number of para-hydroxylation sites is 1. The third kappa shape index (κ3) is 7.67. The molecule has 1 saturated heterocycles. The maximum Gasteiger partial charge on any atom is 0.246 e. The van der Waals surface area contributed by atoms with Crippen LogP contribution in [-0.2, 0) is 4.79 Å². The van der Waals surface area contributed by atoms with E-state index in [9.17, 15) is 4.79 Å². The predicted octanol–water partition coefficient (Wildman–Crippen LogP) is 4.46. The van der Waals surface area contributed by atoms with Crippen molar-refractivity contribution in [2.45, 2.75) is 38.3 Å². The summed E-state index contributed by atoms with van der Waals surface area (Å²) >= 11 is 0. The molecule has 0 aromatic heterocycles. The molecule has 2 aliphatic rings. The molecule has 1 aliphatic heterocycles. The summed E-state index contributed by atoms with van der Waals surface area (Å²) in [6.45, 7) is 7.48. The monoisotopic (exact) mass is 526 g/mol. The first-order valence-corrected chi connectivity index (χ1v) is 13.4. The molecule has 1 atom stereocenters. The third-order valence-corrected chi connectivity index (χ3v) is 6.85. The van der Waals surface area contributed by atoms with Crippen LogP contribution in [0.3, 0.4) is 0 Å². The van der Waals surface area contributed by atoms with E-state index in [1.54, 1.807) is 13.0 Å². The topological polar surface area (TPSA) is 107 Å². The Balaban J connectivity index is 1.43. The van der Waals surface area contributed by atoms with Crippen molar-refractivity contribution >= 4 is 17.5 Å². The number of likely N-dealkylation sites (N-methyl/N-ethyl adjacent to an activating group) is 1. The minimum absolute atomic E-state index is 0.00597. The van der Waals surface area contributed by atoms with Crippen LogP contribution in [0.4, 0.5) is 0 Å². The summed E-state index contributed by atoms with van der Waals surface area (Å²) in [7, 11) is 2.09. The summed E-state index contributed by atoms with van der Waals surface area (Å²) in [6, 6.07) is 17.4. The molecule has 4 N–H and O–H groups in total. The minimum atomic E-state index is -0.109. The number of carbonyl (C=O) groups is 1. The number of nitrogens with zero attached hydrogens (tertiary/aromatic N) is 3. The Morgan fingerprint density at radius 2 is 1.87 bits per heavy atom. The van der Waals surface area contributed by atoms with E-state index in [0.717, 1.165) is 18.7 Å². The number of hydrogen-bond acceptors (Lipinski definition) is 6. The zero-order chi connectivity index (χ0) is 27.8. The molecule has 2 aromatic rings. The van der Waals surface area contributed by atoms with Crippen LogP contribution in [0.15, 0.2) is 95.8 Å². The molecule has 1 aliphatic carbocycles. The fraction of sp³-hybridized carbons (Fsp3) is 0.323. The van der Waals surface area contributed by atoms with Crippen LogP contribution in [0.5, 0.6) is 11.5 Å². The van der Waals surface area contributed by atoms with Crippen LogP contribution in [-0.4, -0.2) is 66.0 Å². The number of nitrogens with two attached hydrogens (primary N) is 1. The first-order valence-electron chi connectivity index (χ1n) is 13.4. The van der Waals surface area contributed by atoms with Crippen LogP contribution in [0, 0.1) is 5.41 Å². The molecule has 1 heterocycles. The number of hydrogen-bond donors (Lipinski definition) is 3.